The molecule has 0 unspecified atom stereocenters. The van der Waals surface area contributed by atoms with E-state index in [-0.39, 0.29) is 23.9 Å². The highest BCUT2D eigenvalue weighted by atomic mass is 16.2. The van der Waals surface area contributed by atoms with Gasteiger partial charge in [0.2, 0.25) is 17.8 Å². The van der Waals surface area contributed by atoms with Crippen LogP contribution < -0.4 is 10.2 Å². The van der Waals surface area contributed by atoms with Crippen molar-refractivity contribution in [2.45, 2.75) is 44.7 Å². The number of fused-ring (bicyclic) bond motifs is 4. The summed E-state index contributed by atoms with van der Waals surface area (Å²) in [5.41, 5.74) is 0. The standard InChI is InChI=1S/C18H25N5O2/c1-12(24)21-9-16-14-8-13(15-4-2-5-17(25)23(15)16)10-22(11-14)18-19-6-3-7-20-18/h3,6-7,13-16H,2,4-5,8-11H2,1H3,(H,21,24)/t13-,14+,15+,16+/m1/s1. The van der Waals surface area contributed by atoms with Gasteiger partial charge in [-0.1, -0.05) is 0 Å². The largest absolute Gasteiger partial charge is 0.354 e. The van der Waals surface area contributed by atoms with E-state index in [0.717, 1.165) is 38.3 Å². The van der Waals surface area contributed by atoms with E-state index < -0.39 is 0 Å². The Hall–Kier alpha value is -2.18. The molecule has 7 nitrogen and oxygen atoms in total. The molecule has 1 N–H and O–H groups in total. The Kier molecular flexibility index (Phi) is 4.31. The van der Waals surface area contributed by atoms with Crippen molar-refractivity contribution in [2.24, 2.45) is 11.8 Å². The second kappa shape index (κ2) is 6.61. The first-order chi connectivity index (χ1) is 12.1. The molecule has 3 fully saturated rings. The van der Waals surface area contributed by atoms with E-state index in [1.54, 1.807) is 12.4 Å². The zero-order valence-corrected chi connectivity index (χ0v) is 14.6. The Morgan fingerprint density at radius 1 is 1.28 bits per heavy atom. The molecule has 0 radical (unpaired) electrons. The Bertz CT molecular complexity index is 652. The molecule has 0 spiro atoms. The average molecular weight is 343 g/mol. The van der Waals surface area contributed by atoms with Crippen LogP contribution in [0.3, 0.4) is 0 Å². The zero-order chi connectivity index (χ0) is 17.4. The van der Waals surface area contributed by atoms with Gasteiger partial charge in [0.25, 0.3) is 0 Å². The average Bonchev–Trinajstić information content (AvgIpc) is 2.62. The number of nitrogens with zero attached hydrogens (tertiary/aromatic N) is 4. The first-order valence-electron chi connectivity index (χ1n) is 9.21. The van der Waals surface area contributed by atoms with Gasteiger partial charge in [-0.15, -0.1) is 0 Å². The number of piperidine rings is 3. The van der Waals surface area contributed by atoms with Crippen molar-refractivity contribution >= 4 is 17.8 Å². The van der Waals surface area contributed by atoms with Crippen LogP contribution in [0.5, 0.6) is 0 Å². The van der Waals surface area contributed by atoms with Crippen molar-refractivity contribution in [3.05, 3.63) is 18.5 Å². The van der Waals surface area contributed by atoms with E-state index in [1.807, 2.05) is 6.07 Å². The molecule has 1 aromatic rings. The van der Waals surface area contributed by atoms with Crippen LogP contribution in [0.4, 0.5) is 5.95 Å². The third-order valence-corrected chi connectivity index (χ3v) is 5.89. The number of hydrogen-bond acceptors (Lipinski definition) is 5. The highest BCUT2D eigenvalue weighted by Gasteiger charge is 2.49. The number of carbonyl (C=O) groups excluding carboxylic acids is 2. The maximum atomic E-state index is 12.6. The lowest BCUT2D eigenvalue weighted by Crippen LogP contribution is -2.67. The number of nitrogens with one attached hydrogen (secondary N) is 1. The van der Waals surface area contributed by atoms with Gasteiger partial charge in [-0.05, 0) is 37.2 Å². The Morgan fingerprint density at radius 3 is 2.80 bits per heavy atom. The number of hydrogen-bond donors (Lipinski definition) is 1. The summed E-state index contributed by atoms with van der Waals surface area (Å²) in [6.45, 7) is 3.81. The number of carbonyl (C=O) groups is 2. The van der Waals surface area contributed by atoms with Crippen LogP contribution in [-0.4, -0.2) is 58.4 Å². The molecule has 0 aromatic carbocycles. The highest BCUT2D eigenvalue weighted by Crippen LogP contribution is 2.41. The summed E-state index contributed by atoms with van der Waals surface area (Å²) in [5.74, 6) is 1.78. The maximum absolute atomic E-state index is 12.6. The van der Waals surface area contributed by atoms with Crippen LogP contribution in [0, 0.1) is 11.8 Å². The lowest BCUT2D eigenvalue weighted by molar-refractivity contribution is -0.149. The molecule has 7 heteroatoms. The quantitative estimate of drug-likeness (QED) is 0.879. The molecule has 3 aliphatic rings. The molecule has 3 aliphatic heterocycles. The lowest BCUT2D eigenvalue weighted by Gasteiger charge is -2.56. The van der Waals surface area contributed by atoms with Crippen molar-refractivity contribution in [2.75, 3.05) is 24.5 Å². The summed E-state index contributed by atoms with van der Waals surface area (Å²) in [6, 6.07) is 2.18. The first kappa shape index (κ1) is 16.3. The monoisotopic (exact) mass is 343 g/mol. The lowest BCUT2D eigenvalue weighted by atomic mass is 9.72. The van der Waals surface area contributed by atoms with Gasteiger partial charge in [0.15, 0.2) is 0 Å². The van der Waals surface area contributed by atoms with Crippen molar-refractivity contribution in [3.63, 3.8) is 0 Å². The van der Waals surface area contributed by atoms with E-state index in [0.29, 0.717) is 24.8 Å². The van der Waals surface area contributed by atoms with Crippen LogP contribution >= 0.6 is 0 Å². The predicted molar refractivity (Wildman–Crippen MR) is 92.8 cm³/mol. The molecular formula is C18H25N5O2. The fourth-order valence-corrected chi connectivity index (χ4v) is 4.90. The minimum atomic E-state index is -0.0396. The Morgan fingerprint density at radius 2 is 2.04 bits per heavy atom. The normalized spacial score (nSPS) is 31.5. The minimum Gasteiger partial charge on any atom is -0.354 e. The molecule has 4 atom stereocenters. The van der Waals surface area contributed by atoms with E-state index >= 15 is 0 Å². The number of rotatable bonds is 3. The second-order valence-electron chi connectivity index (χ2n) is 7.47. The molecule has 2 bridgehead atoms. The molecule has 3 saturated heterocycles. The van der Waals surface area contributed by atoms with Gasteiger partial charge < -0.3 is 15.1 Å². The van der Waals surface area contributed by atoms with Crippen molar-refractivity contribution in [1.29, 1.82) is 0 Å². The summed E-state index contributed by atoms with van der Waals surface area (Å²) < 4.78 is 0. The van der Waals surface area contributed by atoms with Gasteiger partial charge in [0, 0.05) is 51.4 Å². The van der Waals surface area contributed by atoms with E-state index in [1.165, 1.54) is 6.92 Å². The smallest absolute Gasteiger partial charge is 0.225 e. The molecule has 0 saturated carbocycles. The molecule has 4 rings (SSSR count). The van der Waals surface area contributed by atoms with Crippen molar-refractivity contribution < 1.29 is 9.59 Å². The van der Waals surface area contributed by atoms with Crippen LogP contribution in [0.15, 0.2) is 18.5 Å². The number of amides is 2. The van der Waals surface area contributed by atoms with Crippen LogP contribution in [0.25, 0.3) is 0 Å². The van der Waals surface area contributed by atoms with Gasteiger partial charge in [0.05, 0.1) is 6.04 Å². The van der Waals surface area contributed by atoms with Crippen LogP contribution in [0.2, 0.25) is 0 Å². The van der Waals surface area contributed by atoms with E-state index in [4.69, 9.17) is 0 Å². The van der Waals surface area contributed by atoms with E-state index in [9.17, 15) is 9.59 Å². The van der Waals surface area contributed by atoms with Gasteiger partial charge in [0.1, 0.15) is 0 Å². The van der Waals surface area contributed by atoms with Crippen molar-refractivity contribution in [3.8, 4) is 0 Å². The summed E-state index contributed by atoms with van der Waals surface area (Å²) in [5, 5.41) is 2.94. The molecule has 0 aliphatic carbocycles. The maximum Gasteiger partial charge on any atom is 0.225 e. The third-order valence-electron chi connectivity index (χ3n) is 5.89. The Balaban J connectivity index is 1.61. The van der Waals surface area contributed by atoms with Crippen LogP contribution in [0.1, 0.15) is 32.6 Å². The van der Waals surface area contributed by atoms with Crippen molar-refractivity contribution in [1.82, 2.24) is 20.2 Å². The first-order valence-corrected chi connectivity index (χ1v) is 9.21. The van der Waals surface area contributed by atoms with Crippen LogP contribution in [-0.2, 0) is 9.59 Å². The summed E-state index contributed by atoms with van der Waals surface area (Å²) >= 11 is 0. The topological polar surface area (TPSA) is 78.4 Å². The molecule has 1 aromatic heterocycles. The van der Waals surface area contributed by atoms with Gasteiger partial charge in [-0.3, -0.25) is 9.59 Å². The van der Waals surface area contributed by atoms with E-state index in [2.05, 4.69) is 25.1 Å². The fraction of sp³-hybridized carbons (Fsp3) is 0.667. The number of aromatic nitrogens is 2. The summed E-state index contributed by atoms with van der Waals surface area (Å²) in [6.07, 6.45) is 7.33. The third kappa shape index (κ3) is 3.07. The second-order valence-corrected chi connectivity index (χ2v) is 7.47. The highest BCUT2D eigenvalue weighted by molar-refractivity contribution is 5.78. The molecule has 134 valence electrons. The summed E-state index contributed by atoms with van der Waals surface area (Å²) in [7, 11) is 0. The fourth-order valence-electron chi connectivity index (χ4n) is 4.90. The Labute approximate surface area is 147 Å². The molecule has 25 heavy (non-hydrogen) atoms. The SMILES string of the molecule is CC(=O)NC[C@H]1[C@H]2C[C@H](CN(c3ncccn3)C2)[C@@H]2CCCC(=O)N21. The van der Waals surface area contributed by atoms with Gasteiger partial charge >= 0.3 is 0 Å². The molecular weight excluding hydrogens is 318 g/mol. The minimum absolute atomic E-state index is 0.0396. The summed E-state index contributed by atoms with van der Waals surface area (Å²) in [4.78, 5) is 37.3. The predicted octanol–water partition coefficient (Wildman–Crippen LogP) is 0.818. The van der Waals surface area contributed by atoms with Gasteiger partial charge in [-0.25, -0.2) is 9.97 Å². The molecule has 4 heterocycles. The zero-order valence-electron chi connectivity index (χ0n) is 14.6. The number of anilines is 1. The molecule has 2 amide bonds. The van der Waals surface area contributed by atoms with Gasteiger partial charge in [-0.2, -0.15) is 0 Å².